The van der Waals surface area contributed by atoms with Crippen LogP contribution in [-0.4, -0.2) is 15.3 Å². The summed E-state index contributed by atoms with van der Waals surface area (Å²) in [6.07, 6.45) is 4.00. The molecule has 3 rings (SSSR count). The highest BCUT2D eigenvalue weighted by Crippen LogP contribution is 2.28. The van der Waals surface area contributed by atoms with Crippen molar-refractivity contribution in [1.29, 1.82) is 0 Å². The van der Waals surface area contributed by atoms with Crippen LogP contribution in [0.25, 0.3) is 5.52 Å². The third kappa shape index (κ3) is 2.07. The van der Waals surface area contributed by atoms with Crippen LogP contribution >= 0.6 is 15.9 Å². The predicted octanol–water partition coefficient (Wildman–Crippen LogP) is 2.12. The number of rotatable bonds is 3. The van der Waals surface area contributed by atoms with Crippen LogP contribution in [-0.2, 0) is 11.3 Å². The molecule has 1 aliphatic rings. The molecular weight excluding hydrogens is 282 g/mol. The number of carbonyl (C=O) groups excluding carboxylic acids is 1. The number of pyridine rings is 1. The van der Waals surface area contributed by atoms with Gasteiger partial charge < -0.3 is 9.72 Å². The first-order valence-electron chi connectivity index (χ1n) is 5.65. The molecule has 1 aliphatic carbocycles. The van der Waals surface area contributed by atoms with Crippen LogP contribution in [0, 0.1) is 5.92 Å². The number of amides is 1. The maximum Gasteiger partial charge on any atom is 0.223 e. The van der Waals surface area contributed by atoms with Gasteiger partial charge in [-0.1, -0.05) is 6.07 Å². The maximum absolute atomic E-state index is 11.6. The topological polar surface area (TPSA) is 46.4 Å². The predicted molar refractivity (Wildman–Crippen MR) is 67.5 cm³/mol. The van der Waals surface area contributed by atoms with Gasteiger partial charge in [0.05, 0.1) is 12.1 Å². The first-order chi connectivity index (χ1) is 8.25. The van der Waals surface area contributed by atoms with Gasteiger partial charge in [0.2, 0.25) is 5.91 Å². The van der Waals surface area contributed by atoms with E-state index in [2.05, 4.69) is 26.2 Å². The molecule has 0 bridgehead atoms. The molecule has 1 saturated carbocycles. The lowest BCUT2D eigenvalue weighted by atomic mass is 10.4. The van der Waals surface area contributed by atoms with E-state index >= 15 is 0 Å². The van der Waals surface area contributed by atoms with Crippen molar-refractivity contribution < 1.29 is 4.79 Å². The van der Waals surface area contributed by atoms with E-state index in [1.54, 1.807) is 0 Å². The van der Waals surface area contributed by atoms with Gasteiger partial charge in [-0.25, -0.2) is 4.98 Å². The first-order valence-corrected chi connectivity index (χ1v) is 6.44. The molecule has 0 aromatic carbocycles. The zero-order valence-electron chi connectivity index (χ0n) is 9.19. The van der Waals surface area contributed by atoms with E-state index in [9.17, 15) is 4.79 Å². The number of imidazole rings is 1. The van der Waals surface area contributed by atoms with E-state index in [1.165, 1.54) is 0 Å². The number of hydrogen-bond donors (Lipinski definition) is 1. The average Bonchev–Trinajstić information content (AvgIpc) is 3.14. The molecule has 0 unspecified atom stereocenters. The quantitative estimate of drug-likeness (QED) is 0.942. The van der Waals surface area contributed by atoms with Gasteiger partial charge in [0.1, 0.15) is 10.4 Å². The molecule has 1 N–H and O–H groups in total. The van der Waals surface area contributed by atoms with Gasteiger partial charge in [0.15, 0.2) is 0 Å². The normalized spacial score (nSPS) is 15.1. The number of halogens is 1. The minimum absolute atomic E-state index is 0.147. The smallest absolute Gasteiger partial charge is 0.223 e. The van der Waals surface area contributed by atoms with Crippen molar-refractivity contribution in [1.82, 2.24) is 14.7 Å². The van der Waals surface area contributed by atoms with Crippen LogP contribution < -0.4 is 5.32 Å². The second-order valence-corrected chi connectivity index (χ2v) is 5.02. The summed E-state index contributed by atoms with van der Waals surface area (Å²) in [4.78, 5) is 16.0. The van der Waals surface area contributed by atoms with Crippen molar-refractivity contribution in [2.75, 3.05) is 0 Å². The van der Waals surface area contributed by atoms with E-state index in [0.717, 1.165) is 28.8 Å². The van der Waals surface area contributed by atoms with Gasteiger partial charge in [-0.2, -0.15) is 0 Å². The van der Waals surface area contributed by atoms with Gasteiger partial charge in [-0.3, -0.25) is 4.79 Å². The Hall–Kier alpha value is -1.36. The summed E-state index contributed by atoms with van der Waals surface area (Å²) in [6.45, 7) is 0.478. The maximum atomic E-state index is 11.6. The highest BCUT2D eigenvalue weighted by Gasteiger charge is 2.29. The summed E-state index contributed by atoms with van der Waals surface area (Å²) in [5.74, 6) is 1.24. The lowest BCUT2D eigenvalue weighted by molar-refractivity contribution is -0.122. The van der Waals surface area contributed by atoms with Gasteiger partial charge in [-0.05, 0) is 40.9 Å². The Labute approximate surface area is 107 Å². The largest absolute Gasteiger partial charge is 0.349 e. The summed E-state index contributed by atoms with van der Waals surface area (Å²) in [5.41, 5.74) is 1.02. The second kappa shape index (κ2) is 4.14. The lowest BCUT2D eigenvalue weighted by Crippen LogP contribution is -2.25. The van der Waals surface area contributed by atoms with E-state index in [4.69, 9.17) is 0 Å². The molecule has 88 valence electrons. The third-order valence-electron chi connectivity index (χ3n) is 2.95. The third-order valence-corrected chi connectivity index (χ3v) is 3.53. The lowest BCUT2D eigenvalue weighted by Gasteiger charge is -2.03. The Morgan fingerprint density at radius 2 is 2.35 bits per heavy atom. The molecule has 17 heavy (non-hydrogen) atoms. The fraction of sp³-hybridized carbons (Fsp3) is 0.333. The number of nitrogens with zero attached hydrogens (tertiary/aromatic N) is 2. The van der Waals surface area contributed by atoms with Crippen LogP contribution in [0.5, 0.6) is 0 Å². The molecule has 1 amide bonds. The van der Waals surface area contributed by atoms with Crippen LogP contribution in [0.1, 0.15) is 18.7 Å². The summed E-state index contributed by atoms with van der Waals surface area (Å²) < 4.78 is 2.80. The van der Waals surface area contributed by atoms with Crippen molar-refractivity contribution in [2.45, 2.75) is 19.4 Å². The Kier molecular flexibility index (Phi) is 2.63. The Bertz CT molecular complexity index is 574. The molecule has 2 aromatic rings. The summed E-state index contributed by atoms with van der Waals surface area (Å²) in [6, 6.07) is 5.91. The zero-order valence-corrected chi connectivity index (χ0v) is 10.8. The van der Waals surface area contributed by atoms with Crippen LogP contribution in [0.4, 0.5) is 0 Å². The number of fused-ring (bicyclic) bond motifs is 1. The highest BCUT2D eigenvalue weighted by atomic mass is 79.9. The molecule has 0 aliphatic heterocycles. The fourth-order valence-electron chi connectivity index (χ4n) is 1.84. The Balaban J connectivity index is 1.82. The zero-order chi connectivity index (χ0) is 11.8. The molecule has 5 heteroatoms. The summed E-state index contributed by atoms with van der Waals surface area (Å²) >= 11 is 3.42. The number of carbonyl (C=O) groups is 1. The summed E-state index contributed by atoms with van der Waals surface area (Å²) in [5, 5.41) is 2.92. The van der Waals surface area contributed by atoms with Crippen molar-refractivity contribution in [3.63, 3.8) is 0 Å². The molecular formula is C12H12BrN3O. The highest BCUT2D eigenvalue weighted by molar-refractivity contribution is 9.10. The molecule has 2 heterocycles. The van der Waals surface area contributed by atoms with Crippen LogP contribution in [0.2, 0.25) is 0 Å². The van der Waals surface area contributed by atoms with E-state index in [1.807, 2.05) is 28.8 Å². The average molecular weight is 294 g/mol. The van der Waals surface area contributed by atoms with Crippen LogP contribution in [0.15, 0.2) is 29.0 Å². The standard InChI is InChI=1S/C12H12BrN3O/c13-11-9-3-1-2-6-16(9)10(15-11)7-14-12(17)8-4-5-8/h1-3,6,8H,4-5,7H2,(H,14,17). The minimum atomic E-state index is 0.147. The minimum Gasteiger partial charge on any atom is -0.349 e. The van der Waals surface area contributed by atoms with Gasteiger partial charge >= 0.3 is 0 Å². The van der Waals surface area contributed by atoms with Crippen molar-refractivity contribution in [3.05, 3.63) is 34.8 Å². The Morgan fingerprint density at radius 1 is 1.53 bits per heavy atom. The van der Waals surface area contributed by atoms with Gasteiger partial charge in [0, 0.05) is 12.1 Å². The van der Waals surface area contributed by atoms with Gasteiger partial charge in [0.25, 0.3) is 0 Å². The number of nitrogens with one attached hydrogen (secondary N) is 1. The Morgan fingerprint density at radius 3 is 3.12 bits per heavy atom. The van der Waals surface area contributed by atoms with Gasteiger partial charge in [-0.15, -0.1) is 0 Å². The number of hydrogen-bond acceptors (Lipinski definition) is 2. The van der Waals surface area contributed by atoms with Crippen molar-refractivity contribution >= 4 is 27.4 Å². The first kappa shape index (κ1) is 10.8. The summed E-state index contributed by atoms with van der Waals surface area (Å²) in [7, 11) is 0. The van der Waals surface area contributed by atoms with Crippen LogP contribution in [0.3, 0.4) is 0 Å². The molecule has 0 saturated heterocycles. The SMILES string of the molecule is O=C(NCc1nc(Br)c2ccccn12)C1CC1. The molecule has 1 fully saturated rings. The second-order valence-electron chi connectivity index (χ2n) is 4.27. The fourth-order valence-corrected chi connectivity index (χ4v) is 2.37. The monoisotopic (exact) mass is 293 g/mol. The molecule has 2 aromatic heterocycles. The van der Waals surface area contributed by atoms with Crippen molar-refractivity contribution in [3.8, 4) is 0 Å². The molecule has 0 radical (unpaired) electrons. The molecule has 0 atom stereocenters. The molecule has 4 nitrogen and oxygen atoms in total. The number of aromatic nitrogens is 2. The van der Waals surface area contributed by atoms with E-state index in [-0.39, 0.29) is 11.8 Å². The van der Waals surface area contributed by atoms with Crippen molar-refractivity contribution in [2.24, 2.45) is 5.92 Å². The van der Waals surface area contributed by atoms with E-state index in [0.29, 0.717) is 6.54 Å². The molecule has 0 spiro atoms. The van der Waals surface area contributed by atoms with E-state index < -0.39 is 0 Å².